The van der Waals surface area contributed by atoms with Crippen molar-refractivity contribution < 1.29 is 9.47 Å². The van der Waals surface area contributed by atoms with Crippen LogP contribution in [-0.2, 0) is 9.47 Å². The monoisotopic (exact) mass is 288 g/mol. The predicted molar refractivity (Wildman–Crippen MR) is 79.3 cm³/mol. The largest absolute Gasteiger partial charge is 0.373 e. The third-order valence-electron chi connectivity index (χ3n) is 3.94. The second kappa shape index (κ2) is 5.91. The van der Waals surface area contributed by atoms with Crippen molar-refractivity contribution >= 4 is 5.71 Å². The van der Waals surface area contributed by atoms with E-state index in [9.17, 15) is 0 Å². The number of rotatable bonds is 4. The van der Waals surface area contributed by atoms with Gasteiger partial charge in [-0.15, -0.1) is 5.10 Å². The molecule has 3 unspecified atom stereocenters. The standard InChI is InChI=1S/C15H20N4O2/c1-4-6-11(16-5-2)12-7-19(18-17-12)13-9-21-14-10(3)8-20-15(13)14/h4-7,10,13-15H,2,8-9H2,1,3H3/b6-4-,16-11?/t10?,13-,14?,15?/m0/s1. The van der Waals surface area contributed by atoms with Gasteiger partial charge in [0.05, 0.1) is 31.2 Å². The van der Waals surface area contributed by atoms with Crippen LogP contribution in [0.25, 0.3) is 0 Å². The first kappa shape index (κ1) is 14.2. The van der Waals surface area contributed by atoms with Gasteiger partial charge in [-0.05, 0) is 13.0 Å². The maximum Gasteiger partial charge on any atom is 0.131 e. The summed E-state index contributed by atoms with van der Waals surface area (Å²) in [4.78, 5) is 4.22. The van der Waals surface area contributed by atoms with Crippen LogP contribution in [-0.4, -0.2) is 46.1 Å². The van der Waals surface area contributed by atoms with Gasteiger partial charge in [0, 0.05) is 12.1 Å². The Morgan fingerprint density at radius 1 is 1.43 bits per heavy atom. The zero-order valence-electron chi connectivity index (χ0n) is 12.3. The molecule has 112 valence electrons. The molecule has 0 saturated carbocycles. The van der Waals surface area contributed by atoms with Gasteiger partial charge in [-0.1, -0.05) is 24.8 Å². The Labute approximate surface area is 124 Å². The predicted octanol–water partition coefficient (Wildman–Crippen LogP) is 1.76. The molecule has 6 heteroatoms. The minimum atomic E-state index is 0.0658. The summed E-state index contributed by atoms with van der Waals surface area (Å²) < 4.78 is 13.5. The van der Waals surface area contributed by atoms with E-state index in [1.165, 1.54) is 6.20 Å². The van der Waals surface area contributed by atoms with E-state index in [1.54, 1.807) is 0 Å². The molecular weight excluding hydrogens is 268 g/mol. The number of aromatic nitrogens is 3. The summed E-state index contributed by atoms with van der Waals surface area (Å²) in [6, 6.07) is 0.0804. The van der Waals surface area contributed by atoms with Crippen LogP contribution < -0.4 is 0 Å². The number of hydrogen-bond donors (Lipinski definition) is 0. The highest BCUT2D eigenvalue weighted by Gasteiger charge is 2.47. The van der Waals surface area contributed by atoms with Gasteiger partial charge >= 0.3 is 0 Å². The third-order valence-corrected chi connectivity index (χ3v) is 3.94. The molecule has 2 aliphatic rings. The molecule has 21 heavy (non-hydrogen) atoms. The molecule has 2 aliphatic heterocycles. The zero-order chi connectivity index (χ0) is 14.8. The average molecular weight is 288 g/mol. The Kier molecular flexibility index (Phi) is 3.98. The van der Waals surface area contributed by atoms with E-state index in [-0.39, 0.29) is 18.2 Å². The van der Waals surface area contributed by atoms with Crippen LogP contribution in [0.1, 0.15) is 25.6 Å². The molecule has 0 N–H and O–H groups in total. The lowest BCUT2D eigenvalue weighted by atomic mass is 10.0. The van der Waals surface area contributed by atoms with E-state index in [4.69, 9.17) is 9.47 Å². The number of fused-ring (bicyclic) bond motifs is 1. The highest BCUT2D eigenvalue weighted by atomic mass is 16.6. The molecule has 4 atom stereocenters. The van der Waals surface area contributed by atoms with E-state index in [0.717, 1.165) is 18.0 Å². The van der Waals surface area contributed by atoms with Crippen molar-refractivity contribution in [1.82, 2.24) is 15.0 Å². The number of hydrogen-bond acceptors (Lipinski definition) is 5. The van der Waals surface area contributed by atoms with Crippen LogP contribution in [0, 0.1) is 5.92 Å². The summed E-state index contributed by atoms with van der Waals surface area (Å²) in [6.45, 7) is 9.07. The molecule has 0 radical (unpaired) electrons. The molecule has 0 aliphatic carbocycles. The van der Waals surface area contributed by atoms with Gasteiger partial charge in [-0.25, -0.2) is 4.68 Å². The molecule has 0 bridgehead atoms. The lowest BCUT2D eigenvalue weighted by Crippen LogP contribution is -2.27. The molecule has 0 amide bonds. The van der Waals surface area contributed by atoms with Crippen molar-refractivity contribution in [3.63, 3.8) is 0 Å². The van der Waals surface area contributed by atoms with Crippen molar-refractivity contribution in [2.24, 2.45) is 10.9 Å². The summed E-state index contributed by atoms with van der Waals surface area (Å²) in [5.41, 5.74) is 1.47. The summed E-state index contributed by atoms with van der Waals surface area (Å²) in [5.74, 6) is 0.434. The third kappa shape index (κ3) is 2.56. The van der Waals surface area contributed by atoms with Crippen molar-refractivity contribution in [3.05, 3.63) is 36.8 Å². The van der Waals surface area contributed by atoms with Gasteiger partial charge in [-0.2, -0.15) is 0 Å². The second-order valence-electron chi connectivity index (χ2n) is 5.42. The van der Waals surface area contributed by atoms with Gasteiger partial charge in [0.2, 0.25) is 0 Å². The van der Waals surface area contributed by atoms with E-state index < -0.39 is 0 Å². The SMILES string of the molecule is C=CN=C(/C=C\C)c1cn([C@H]2COC3C(C)COC32)nn1. The van der Waals surface area contributed by atoms with Crippen LogP contribution >= 0.6 is 0 Å². The van der Waals surface area contributed by atoms with Gasteiger partial charge in [0.1, 0.15) is 17.8 Å². The van der Waals surface area contributed by atoms with Gasteiger partial charge in [0.15, 0.2) is 0 Å². The van der Waals surface area contributed by atoms with Crippen LogP contribution in [0.15, 0.2) is 36.1 Å². The minimum absolute atomic E-state index is 0.0658. The topological polar surface area (TPSA) is 61.5 Å². The molecule has 1 aromatic rings. The van der Waals surface area contributed by atoms with E-state index in [1.807, 2.05) is 30.0 Å². The van der Waals surface area contributed by atoms with Gasteiger partial charge in [0.25, 0.3) is 0 Å². The lowest BCUT2D eigenvalue weighted by Gasteiger charge is -2.15. The first-order valence-electron chi connectivity index (χ1n) is 7.21. The normalized spacial score (nSPS) is 32.8. The molecular formula is C15H20N4O2. The molecule has 2 saturated heterocycles. The van der Waals surface area contributed by atoms with Gasteiger partial charge < -0.3 is 9.47 Å². The number of allylic oxidation sites excluding steroid dienone is 2. The maximum absolute atomic E-state index is 5.85. The summed E-state index contributed by atoms with van der Waals surface area (Å²) in [6.07, 6.45) is 7.43. The van der Waals surface area contributed by atoms with Crippen molar-refractivity contribution in [1.29, 1.82) is 0 Å². The first-order valence-corrected chi connectivity index (χ1v) is 7.21. The van der Waals surface area contributed by atoms with Crippen molar-refractivity contribution in [3.8, 4) is 0 Å². The van der Waals surface area contributed by atoms with Crippen LogP contribution in [0.3, 0.4) is 0 Å². The molecule has 3 rings (SSSR count). The fourth-order valence-electron chi connectivity index (χ4n) is 2.90. The highest BCUT2D eigenvalue weighted by molar-refractivity contribution is 6.07. The number of nitrogens with zero attached hydrogens (tertiary/aromatic N) is 4. The molecule has 2 fully saturated rings. The molecule has 0 aromatic carbocycles. The number of aliphatic imine (C=N–C) groups is 1. The summed E-state index contributed by atoms with van der Waals surface area (Å²) in [7, 11) is 0. The molecule has 6 nitrogen and oxygen atoms in total. The number of ether oxygens (including phenoxy) is 2. The Morgan fingerprint density at radius 2 is 2.24 bits per heavy atom. The van der Waals surface area contributed by atoms with Crippen LogP contribution in [0.2, 0.25) is 0 Å². The Morgan fingerprint density at radius 3 is 3.00 bits per heavy atom. The minimum Gasteiger partial charge on any atom is -0.373 e. The van der Waals surface area contributed by atoms with Crippen molar-refractivity contribution in [2.75, 3.05) is 13.2 Å². The highest BCUT2D eigenvalue weighted by Crippen LogP contribution is 2.36. The first-order chi connectivity index (χ1) is 10.2. The fraction of sp³-hybridized carbons (Fsp3) is 0.533. The summed E-state index contributed by atoms with van der Waals surface area (Å²) in [5, 5.41) is 8.43. The van der Waals surface area contributed by atoms with Crippen molar-refractivity contribution in [2.45, 2.75) is 32.1 Å². The Balaban J connectivity index is 1.82. The second-order valence-corrected chi connectivity index (χ2v) is 5.42. The smallest absolute Gasteiger partial charge is 0.131 e. The Bertz CT molecular complexity index is 578. The van der Waals surface area contributed by atoms with E-state index in [2.05, 4.69) is 28.8 Å². The maximum atomic E-state index is 5.85. The lowest BCUT2D eigenvalue weighted by molar-refractivity contribution is 0.0612. The Hall–Kier alpha value is -1.79. The fourth-order valence-corrected chi connectivity index (χ4v) is 2.90. The van der Waals surface area contributed by atoms with E-state index >= 15 is 0 Å². The van der Waals surface area contributed by atoms with Crippen LogP contribution in [0.4, 0.5) is 0 Å². The quantitative estimate of drug-likeness (QED) is 0.792. The molecule has 3 heterocycles. The zero-order valence-corrected chi connectivity index (χ0v) is 12.3. The molecule has 1 aromatic heterocycles. The average Bonchev–Trinajstić information content (AvgIpc) is 3.16. The van der Waals surface area contributed by atoms with E-state index in [0.29, 0.717) is 12.5 Å². The molecule has 0 spiro atoms. The van der Waals surface area contributed by atoms with Gasteiger partial charge in [-0.3, -0.25) is 4.99 Å². The summed E-state index contributed by atoms with van der Waals surface area (Å²) >= 11 is 0. The van der Waals surface area contributed by atoms with Crippen LogP contribution in [0.5, 0.6) is 0 Å².